The molecule has 3 rings (SSSR count). The fourth-order valence-corrected chi connectivity index (χ4v) is 5.03. The number of benzene rings is 2. The summed E-state index contributed by atoms with van der Waals surface area (Å²) in [5.74, 6) is 0. The number of halogens is 2. The number of nitrogens with zero attached hydrogens (tertiary/aromatic N) is 1. The average molecular weight is 418 g/mol. The van der Waals surface area contributed by atoms with Crippen LogP contribution in [0.2, 0.25) is 0 Å². The predicted octanol–water partition coefficient (Wildman–Crippen LogP) is 4.11. The number of rotatable bonds is 2. The van der Waals surface area contributed by atoms with E-state index < -0.39 is 10.0 Å². The molecular formula is C16H18BrClN2O2S. The van der Waals surface area contributed by atoms with Gasteiger partial charge in [-0.2, -0.15) is 0 Å². The van der Waals surface area contributed by atoms with Crippen molar-refractivity contribution in [3.05, 3.63) is 52.0 Å². The highest BCUT2D eigenvalue weighted by Crippen LogP contribution is 2.36. The molecule has 0 radical (unpaired) electrons. The van der Waals surface area contributed by atoms with Gasteiger partial charge in [0.15, 0.2) is 0 Å². The Bertz CT molecular complexity index is 840. The second kappa shape index (κ2) is 6.71. The van der Waals surface area contributed by atoms with E-state index in [1.165, 1.54) is 4.31 Å². The van der Waals surface area contributed by atoms with Gasteiger partial charge >= 0.3 is 0 Å². The number of para-hydroxylation sites is 1. The van der Waals surface area contributed by atoms with E-state index in [1.54, 1.807) is 12.1 Å². The number of hydrogen-bond donors (Lipinski definition) is 1. The second-order valence-corrected chi connectivity index (χ2v) is 8.13. The van der Waals surface area contributed by atoms with Crippen LogP contribution in [0.3, 0.4) is 0 Å². The quantitative estimate of drug-likeness (QED) is 0.800. The lowest BCUT2D eigenvalue weighted by Gasteiger charge is -2.33. The minimum absolute atomic E-state index is 0. The van der Waals surface area contributed by atoms with E-state index in [9.17, 15) is 8.42 Å². The van der Waals surface area contributed by atoms with Crippen molar-refractivity contribution in [2.75, 3.05) is 22.7 Å². The van der Waals surface area contributed by atoms with Crippen LogP contribution in [0, 0.1) is 13.8 Å². The molecule has 0 amide bonds. The van der Waals surface area contributed by atoms with Gasteiger partial charge in [-0.1, -0.05) is 28.1 Å². The molecule has 124 valence electrons. The molecule has 1 aliphatic rings. The summed E-state index contributed by atoms with van der Waals surface area (Å²) in [6.07, 6.45) is 0. The molecule has 0 aliphatic carbocycles. The number of aryl methyl sites for hydroxylation is 2. The van der Waals surface area contributed by atoms with Crippen molar-refractivity contribution in [3.63, 3.8) is 0 Å². The zero-order valence-electron chi connectivity index (χ0n) is 12.8. The third-order valence-corrected chi connectivity index (χ3v) is 6.28. The van der Waals surface area contributed by atoms with Crippen LogP contribution in [0.5, 0.6) is 0 Å². The minimum Gasteiger partial charge on any atom is -0.382 e. The van der Waals surface area contributed by atoms with E-state index in [0.29, 0.717) is 18.0 Å². The minimum atomic E-state index is -3.57. The molecular weight excluding hydrogens is 400 g/mol. The topological polar surface area (TPSA) is 49.4 Å². The van der Waals surface area contributed by atoms with E-state index in [-0.39, 0.29) is 12.4 Å². The maximum Gasteiger partial charge on any atom is 0.264 e. The van der Waals surface area contributed by atoms with Crippen LogP contribution in [0.15, 0.2) is 45.8 Å². The van der Waals surface area contributed by atoms with Gasteiger partial charge in [0.2, 0.25) is 0 Å². The van der Waals surface area contributed by atoms with E-state index in [0.717, 1.165) is 27.0 Å². The van der Waals surface area contributed by atoms with Gasteiger partial charge in [0.25, 0.3) is 10.0 Å². The van der Waals surface area contributed by atoms with Crippen molar-refractivity contribution >= 4 is 49.7 Å². The Morgan fingerprint density at radius 3 is 2.57 bits per heavy atom. The molecule has 2 aromatic rings. The molecule has 0 bridgehead atoms. The maximum atomic E-state index is 13.1. The van der Waals surface area contributed by atoms with E-state index in [2.05, 4.69) is 21.2 Å². The molecule has 2 aromatic carbocycles. The number of hydrogen-bond acceptors (Lipinski definition) is 3. The van der Waals surface area contributed by atoms with E-state index >= 15 is 0 Å². The lowest BCUT2D eigenvalue weighted by Crippen LogP contribution is -2.39. The number of nitrogens with one attached hydrogen (secondary N) is 1. The SMILES string of the molecule is Cc1cc(Br)ccc1S(=O)(=O)N1CCNc2cccc(C)c21.Cl. The van der Waals surface area contributed by atoms with Crippen molar-refractivity contribution in [1.82, 2.24) is 0 Å². The first kappa shape index (κ1) is 18.1. The van der Waals surface area contributed by atoms with Crippen molar-refractivity contribution < 1.29 is 8.42 Å². The molecule has 0 unspecified atom stereocenters. The Balaban J connectivity index is 0.00000192. The summed E-state index contributed by atoms with van der Waals surface area (Å²) in [6, 6.07) is 11.0. The second-order valence-electron chi connectivity index (χ2n) is 5.38. The predicted molar refractivity (Wildman–Crippen MR) is 100 cm³/mol. The van der Waals surface area contributed by atoms with E-state index in [4.69, 9.17) is 0 Å². The highest BCUT2D eigenvalue weighted by Gasteiger charge is 2.31. The zero-order valence-corrected chi connectivity index (χ0v) is 16.1. The summed E-state index contributed by atoms with van der Waals surface area (Å²) < 4.78 is 28.6. The summed E-state index contributed by atoms with van der Waals surface area (Å²) in [5, 5.41) is 3.27. The summed E-state index contributed by atoms with van der Waals surface area (Å²) in [4.78, 5) is 0.354. The van der Waals surface area contributed by atoms with Gasteiger partial charge in [-0.15, -0.1) is 12.4 Å². The number of fused-ring (bicyclic) bond motifs is 1. The Hall–Kier alpha value is -1.24. The van der Waals surface area contributed by atoms with Gasteiger partial charge in [0.1, 0.15) is 0 Å². The van der Waals surface area contributed by atoms with Gasteiger partial charge < -0.3 is 5.32 Å². The highest BCUT2D eigenvalue weighted by atomic mass is 79.9. The van der Waals surface area contributed by atoms with Gasteiger partial charge in [-0.05, 0) is 49.2 Å². The largest absolute Gasteiger partial charge is 0.382 e. The average Bonchev–Trinajstić information content (AvgIpc) is 2.46. The lowest BCUT2D eigenvalue weighted by molar-refractivity contribution is 0.590. The number of anilines is 2. The third kappa shape index (κ3) is 3.20. The van der Waals surface area contributed by atoms with E-state index in [1.807, 2.05) is 38.1 Å². The Morgan fingerprint density at radius 2 is 1.87 bits per heavy atom. The van der Waals surface area contributed by atoms with Crippen LogP contribution >= 0.6 is 28.3 Å². The lowest BCUT2D eigenvalue weighted by atomic mass is 10.1. The molecule has 0 saturated heterocycles. The van der Waals surface area contributed by atoms with Gasteiger partial charge in [-0.3, -0.25) is 4.31 Å². The molecule has 7 heteroatoms. The Kier molecular flexibility index (Phi) is 5.28. The third-order valence-electron chi connectivity index (χ3n) is 3.82. The van der Waals surface area contributed by atoms with Gasteiger partial charge in [-0.25, -0.2) is 8.42 Å². The van der Waals surface area contributed by atoms with Gasteiger partial charge in [0, 0.05) is 11.0 Å². The zero-order chi connectivity index (χ0) is 15.9. The molecule has 0 saturated carbocycles. The molecule has 0 fully saturated rings. The smallest absolute Gasteiger partial charge is 0.264 e. The Morgan fingerprint density at radius 1 is 1.13 bits per heavy atom. The summed E-state index contributed by atoms with van der Waals surface area (Å²) >= 11 is 3.38. The normalized spacial score (nSPS) is 13.8. The molecule has 4 nitrogen and oxygen atoms in total. The van der Waals surface area contributed by atoms with Crippen LogP contribution in [-0.4, -0.2) is 21.5 Å². The first-order chi connectivity index (χ1) is 10.4. The van der Waals surface area contributed by atoms with Crippen molar-refractivity contribution in [2.24, 2.45) is 0 Å². The molecule has 0 spiro atoms. The van der Waals surface area contributed by atoms with Crippen LogP contribution < -0.4 is 9.62 Å². The fourth-order valence-electron chi connectivity index (χ4n) is 2.80. The molecule has 1 N–H and O–H groups in total. The summed E-state index contributed by atoms with van der Waals surface area (Å²) in [5.41, 5.74) is 3.30. The highest BCUT2D eigenvalue weighted by molar-refractivity contribution is 9.10. The Labute approximate surface area is 151 Å². The first-order valence-corrected chi connectivity index (χ1v) is 9.27. The van der Waals surface area contributed by atoms with Crippen LogP contribution in [-0.2, 0) is 10.0 Å². The van der Waals surface area contributed by atoms with Crippen LogP contribution in [0.4, 0.5) is 11.4 Å². The van der Waals surface area contributed by atoms with Crippen molar-refractivity contribution in [2.45, 2.75) is 18.7 Å². The molecule has 1 aliphatic heterocycles. The van der Waals surface area contributed by atoms with Gasteiger partial charge in [0.05, 0.1) is 22.8 Å². The number of sulfonamides is 1. The fraction of sp³-hybridized carbons (Fsp3) is 0.250. The standard InChI is InChI=1S/C16H17BrN2O2S.ClH/c1-11-4-3-5-14-16(11)19(9-8-18-14)22(20,21)15-7-6-13(17)10-12(15)2;/h3-7,10,18H,8-9H2,1-2H3;1H. The van der Waals surface area contributed by atoms with Crippen LogP contribution in [0.1, 0.15) is 11.1 Å². The summed E-state index contributed by atoms with van der Waals surface area (Å²) in [6.45, 7) is 4.78. The molecule has 0 aromatic heterocycles. The first-order valence-electron chi connectivity index (χ1n) is 7.03. The van der Waals surface area contributed by atoms with Crippen molar-refractivity contribution in [3.8, 4) is 0 Å². The molecule has 23 heavy (non-hydrogen) atoms. The molecule has 0 atom stereocenters. The monoisotopic (exact) mass is 416 g/mol. The summed E-state index contributed by atoms with van der Waals surface area (Å²) in [7, 11) is -3.57. The van der Waals surface area contributed by atoms with Crippen molar-refractivity contribution in [1.29, 1.82) is 0 Å². The maximum absolute atomic E-state index is 13.1. The molecule has 1 heterocycles. The van der Waals surface area contributed by atoms with Crippen LogP contribution in [0.25, 0.3) is 0 Å².